The van der Waals surface area contributed by atoms with Gasteiger partial charge in [0.1, 0.15) is 12.3 Å². The molecule has 0 N–H and O–H groups in total. The van der Waals surface area contributed by atoms with Gasteiger partial charge in [-0.25, -0.2) is 0 Å². The molecule has 1 aliphatic rings. The molecule has 0 spiro atoms. The summed E-state index contributed by atoms with van der Waals surface area (Å²) >= 11 is 0. The van der Waals surface area contributed by atoms with Gasteiger partial charge in [0.15, 0.2) is 0 Å². The van der Waals surface area contributed by atoms with Crippen molar-refractivity contribution in [2.75, 3.05) is 40.4 Å². The van der Waals surface area contributed by atoms with Crippen molar-refractivity contribution in [2.45, 2.75) is 25.8 Å². The van der Waals surface area contributed by atoms with Gasteiger partial charge in [-0.05, 0) is 44.0 Å². The molecule has 1 fully saturated rings. The minimum atomic E-state index is -0.376. The number of carbonyl (C=O) groups excluding carboxylic acids is 2. The third-order valence-electron chi connectivity index (χ3n) is 4.28. The Hall–Kier alpha value is -2.08. The number of methoxy groups -OCH3 is 1. The smallest absolute Gasteiger partial charge is 0.325 e. The SMILES string of the molecule is CCOC(=O)CN(C)C(=O)CN1CCC[C@H]1c1cccc(OC)c1. The molecule has 0 unspecified atom stereocenters. The maximum Gasteiger partial charge on any atom is 0.325 e. The van der Waals surface area contributed by atoms with Gasteiger partial charge in [-0.15, -0.1) is 0 Å². The number of amides is 1. The van der Waals surface area contributed by atoms with Crippen LogP contribution in [0.3, 0.4) is 0 Å². The second-order valence-corrected chi connectivity index (χ2v) is 5.96. The molecule has 0 radical (unpaired) electrons. The summed E-state index contributed by atoms with van der Waals surface area (Å²) in [6, 6.07) is 8.19. The van der Waals surface area contributed by atoms with Gasteiger partial charge in [0.25, 0.3) is 0 Å². The Morgan fingerprint density at radius 3 is 2.88 bits per heavy atom. The molecule has 0 bridgehead atoms. The van der Waals surface area contributed by atoms with Crippen LogP contribution in [0.4, 0.5) is 0 Å². The van der Waals surface area contributed by atoms with Crippen LogP contribution in [0.15, 0.2) is 24.3 Å². The minimum Gasteiger partial charge on any atom is -0.497 e. The first-order chi connectivity index (χ1) is 11.5. The molecule has 132 valence electrons. The van der Waals surface area contributed by atoms with E-state index in [1.807, 2.05) is 18.2 Å². The summed E-state index contributed by atoms with van der Waals surface area (Å²) in [5.74, 6) is 0.377. The van der Waals surface area contributed by atoms with Gasteiger partial charge in [0, 0.05) is 13.1 Å². The lowest BCUT2D eigenvalue weighted by atomic mass is 10.0. The Balaban J connectivity index is 1.97. The Kier molecular flexibility index (Phi) is 6.61. The largest absolute Gasteiger partial charge is 0.497 e. The summed E-state index contributed by atoms with van der Waals surface area (Å²) in [6.45, 7) is 3.25. The first kappa shape index (κ1) is 18.3. The van der Waals surface area contributed by atoms with Crippen LogP contribution in [0.2, 0.25) is 0 Å². The predicted octanol–water partition coefficient (Wildman–Crippen LogP) is 1.85. The molecule has 0 aliphatic carbocycles. The van der Waals surface area contributed by atoms with Crippen molar-refractivity contribution in [1.82, 2.24) is 9.80 Å². The third-order valence-corrected chi connectivity index (χ3v) is 4.28. The molecule has 2 rings (SSSR count). The van der Waals surface area contributed by atoms with E-state index in [2.05, 4.69) is 11.0 Å². The van der Waals surface area contributed by atoms with Crippen LogP contribution in [0.5, 0.6) is 5.75 Å². The first-order valence-electron chi connectivity index (χ1n) is 8.32. The number of benzene rings is 1. The fourth-order valence-corrected chi connectivity index (χ4v) is 3.02. The molecule has 0 aromatic heterocycles. The normalized spacial score (nSPS) is 17.5. The van der Waals surface area contributed by atoms with Crippen LogP contribution in [-0.2, 0) is 14.3 Å². The van der Waals surface area contributed by atoms with E-state index in [0.717, 1.165) is 30.7 Å². The second-order valence-electron chi connectivity index (χ2n) is 5.96. The summed E-state index contributed by atoms with van der Waals surface area (Å²) in [5.41, 5.74) is 1.16. The molecule has 6 nitrogen and oxygen atoms in total. The highest BCUT2D eigenvalue weighted by atomic mass is 16.5. The third kappa shape index (κ3) is 4.71. The zero-order valence-corrected chi connectivity index (χ0v) is 14.7. The van der Waals surface area contributed by atoms with E-state index >= 15 is 0 Å². The molecule has 1 aromatic carbocycles. The zero-order chi connectivity index (χ0) is 17.5. The Labute approximate surface area is 143 Å². The lowest BCUT2D eigenvalue weighted by Crippen LogP contribution is -2.40. The lowest BCUT2D eigenvalue weighted by Gasteiger charge is -2.26. The van der Waals surface area contributed by atoms with E-state index in [9.17, 15) is 9.59 Å². The molecular formula is C18H26N2O4. The highest BCUT2D eigenvalue weighted by Gasteiger charge is 2.29. The van der Waals surface area contributed by atoms with Crippen LogP contribution < -0.4 is 4.74 Å². The molecular weight excluding hydrogens is 308 g/mol. The molecule has 24 heavy (non-hydrogen) atoms. The first-order valence-corrected chi connectivity index (χ1v) is 8.32. The predicted molar refractivity (Wildman–Crippen MR) is 90.8 cm³/mol. The van der Waals surface area contributed by atoms with E-state index in [1.54, 1.807) is 21.1 Å². The van der Waals surface area contributed by atoms with Crippen molar-refractivity contribution in [2.24, 2.45) is 0 Å². The van der Waals surface area contributed by atoms with Gasteiger partial charge in [-0.2, -0.15) is 0 Å². The molecule has 1 atom stereocenters. The standard InChI is InChI=1S/C18H26N2O4/c1-4-24-18(22)13-19(2)17(21)12-20-10-6-9-16(20)14-7-5-8-15(11-14)23-3/h5,7-8,11,16H,4,6,9-10,12-13H2,1-3H3/t16-/m0/s1. The van der Waals surface area contributed by atoms with E-state index < -0.39 is 0 Å². The highest BCUT2D eigenvalue weighted by molar-refractivity contribution is 5.83. The topological polar surface area (TPSA) is 59.1 Å². The number of rotatable bonds is 7. The van der Waals surface area contributed by atoms with Crippen molar-refractivity contribution < 1.29 is 19.1 Å². The second kappa shape index (κ2) is 8.68. The number of ether oxygens (including phenoxy) is 2. The van der Waals surface area contributed by atoms with Crippen LogP contribution in [0.25, 0.3) is 0 Å². The van der Waals surface area contributed by atoms with Crippen molar-refractivity contribution in [1.29, 1.82) is 0 Å². The van der Waals surface area contributed by atoms with Crippen LogP contribution in [0.1, 0.15) is 31.4 Å². The van der Waals surface area contributed by atoms with Gasteiger partial charge in [0.2, 0.25) is 5.91 Å². The lowest BCUT2D eigenvalue weighted by molar-refractivity contribution is -0.148. The number of likely N-dealkylation sites (tertiary alicyclic amines) is 1. The Bertz CT molecular complexity index is 576. The molecule has 1 saturated heterocycles. The summed E-state index contributed by atoms with van der Waals surface area (Å²) in [4.78, 5) is 27.5. The van der Waals surface area contributed by atoms with Gasteiger partial charge in [-0.1, -0.05) is 12.1 Å². The van der Waals surface area contributed by atoms with Crippen molar-refractivity contribution in [3.8, 4) is 5.75 Å². The fraction of sp³-hybridized carbons (Fsp3) is 0.556. The molecule has 0 saturated carbocycles. The van der Waals surface area contributed by atoms with Gasteiger partial charge >= 0.3 is 5.97 Å². The fourth-order valence-electron chi connectivity index (χ4n) is 3.02. The summed E-state index contributed by atoms with van der Waals surface area (Å²) in [5, 5.41) is 0. The average Bonchev–Trinajstić information content (AvgIpc) is 3.03. The van der Waals surface area contributed by atoms with Gasteiger partial charge < -0.3 is 14.4 Å². The van der Waals surface area contributed by atoms with Crippen LogP contribution >= 0.6 is 0 Å². The van der Waals surface area contributed by atoms with Crippen LogP contribution in [0, 0.1) is 0 Å². The Morgan fingerprint density at radius 1 is 1.38 bits per heavy atom. The van der Waals surface area contributed by atoms with Crippen molar-refractivity contribution in [3.63, 3.8) is 0 Å². The number of hydrogen-bond acceptors (Lipinski definition) is 5. The molecule has 1 aromatic rings. The van der Waals surface area contributed by atoms with Crippen molar-refractivity contribution >= 4 is 11.9 Å². The molecule has 6 heteroatoms. The minimum absolute atomic E-state index is 0.00958. The molecule has 1 aliphatic heterocycles. The average molecular weight is 334 g/mol. The summed E-state index contributed by atoms with van der Waals surface area (Å²) in [6.07, 6.45) is 2.07. The zero-order valence-electron chi connectivity index (χ0n) is 14.7. The molecule has 1 heterocycles. The molecule has 1 amide bonds. The van der Waals surface area contributed by atoms with E-state index in [-0.39, 0.29) is 24.5 Å². The number of nitrogens with zero attached hydrogens (tertiary/aromatic N) is 2. The van der Waals surface area contributed by atoms with E-state index in [0.29, 0.717) is 13.2 Å². The number of hydrogen-bond donors (Lipinski definition) is 0. The summed E-state index contributed by atoms with van der Waals surface area (Å²) in [7, 11) is 3.29. The monoisotopic (exact) mass is 334 g/mol. The van der Waals surface area contributed by atoms with Gasteiger partial charge in [0.05, 0.1) is 20.3 Å². The number of esters is 1. The maximum atomic E-state index is 12.4. The number of carbonyl (C=O) groups is 2. The maximum absolute atomic E-state index is 12.4. The number of likely N-dealkylation sites (N-methyl/N-ethyl adjacent to an activating group) is 1. The highest BCUT2D eigenvalue weighted by Crippen LogP contribution is 2.33. The quantitative estimate of drug-likeness (QED) is 0.712. The summed E-state index contributed by atoms with van der Waals surface area (Å²) < 4.78 is 10.2. The van der Waals surface area contributed by atoms with Crippen LogP contribution in [-0.4, -0.2) is 62.1 Å². The Morgan fingerprint density at radius 2 is 2.17 bits per heavy atom. The van der Waals surface area contributed by atoms with E-state index in [1.165, 1.54) is 4.90 Å². The van der Waals surface area contributed by atoms with Gasteiger partial charge in [-0.3, -0.25) is 14.5 Å². The van der Waals surface area contributed by atoms with E-state index in [4.69, 9.17) is 9.47 Å². The van der Waals surface area contributed by atoms with Crippen molar-refractivity contribution in [3.05, 3.63) is 29.8 Å².